The SMILES string of the molecule is CCOc1ccc(C(=O)N2CCN(c3ccc(-c4cccnc4OCC)cc3CNI)[C@H](CC)C2)c(C(F)(F)F)n1. The molecule has 220 valence electrons. The van der Waals surface area contributed by atoms with E-state index in [-0.39, 0.29) is 31.6 Å². The van der Waals surface area contributed by atoms with Gasteiger partial charge in [0.05, 0.1) is 18.8 Å². The molecule has 41 heavy (non-hydrogen) atoms. The van der Waals surface area contributed by atoms with Gasteiger partial charge in [0, 0.05) is 78.6 Å². The number of pyridine rings is 2. The first-order chi connectivity index (χ1) is 19.7. The molecule has 0 aliphatic carbocycles. The maximum atomic E-state index is 13.8. The van der Waals surface area contributed by atoms with E-state index < -0.39 is 23.3 Å². The van der Waals surface area contributed by atoms with E-state index in [0.717, 1.165) is 28.4 Å². The zero-order chi connectivity index (χ0) is 29.6. The van der Waals surface area contributed by atoms with Gasteiger partial charge >= 0.3 is 6.18 Å². The first kappa shape index (κ1) is 30.8. The van der Waals surface area contributed by atoms with E-state index in [0.29, 0.717) is 32.0 Å². The van der Waals surface area contributed by atoms with Gasteiger partial charge in [-0.2, -0.15) is 13.2 Å². The normalized spacial score (nSPS) is 15.6. The number of nitrogens with one attached hydrogen (secondary N) is 1. The highest BCUT2D eigenvalue weighted by molar-refractivity contribution is 14.1. The van der Waals surface area contributed by atoms with E-state index in [1.54, 1.807) is 13.1 Å². The number of benzene rings is 1. The molecule has 1 amide bonds. The van der Waals surface area contributed by atoms with Crippen molar-refractivity contribution in [2.24, 2.45) is 0 Å². The van der Waals surface area contributed by atoms with Crippen molar-refractivity contribution in [1.29, 1.82) is 0 Å². The minimum absolute atomic E-state index is 0.0890. The molecule has 3 aromatic rings. The van der Waals surface area contributed by atoms with Gasteiger partial charge in [-0.05, 0) is 61.7 Å². The molecular formula is C29H33F3IN5O3. The molecule has 1 aliphatic heterocycles. The summed E-state index contributed by atoms with van der Waals surface area (Å²) in [6.45, 7) is 7.89. The fourth-order valence-corrected chi connectivity index (χ4v) is 5.45. The van der Waals surface area contributed by atoms with Crippen LogP contribution in [-0.4, -0.2) is 59.7 Å². The first-order valence-electron chi connectivity index (χ1n) is 13.5. The third-order valence-corrected chi connectivity index (χ3v) is 7.29. The lowest BCUT2D eigenvalue weighted by atomic mass is 9.99. The van der Waals surface area contributed by atoms with Crippen LogP contribution in [0.4, 0.5) is 18.9 Å². The average Bonchev–Trinajstić information content (AvgIpc) is 2.97. The van der Waals surface area contributed by atoms with Crippen molar-refractivity contribution in [3.05, 3.63) is 65.5 Å². The smallest absolute Gasteiger partial charge is 0.434 e. The number of hydrogen-bond donors (Lipinski definition) is 1. The van der Waals surface area contributed by atoms with Crippen LogP contribution in [0.1, 0.15) is 48.8 Å². The number of nitrogens with zero attached hydrogens (tertiary/aromatic N) is 4. The molecule has 1 N–H and O–H groups in total. The summed E-state index contributed by atoms with van der Waals surface area (Å²) in [7, 11) is 0. The van der Waals surface area contributed by atoms with Crippen molar-refractivity contribution in [2.45, 2.75) is 46.0 Å². The second-order valence-corrected chi connectivity index (χ2v) is 10.2. The van der Waals surface area contributed by atoms with Crippen molar-refractivity contribution in [3.63, 3.8) is 0 Å². The van der Waals surface area contributed by atoms with Gasteiger partial charge in [-0.3, -0.25) is 8.32 Å². The number of amides is 1. The molecule has 8 nitrogen and oxygen atoms in total. The van der Waals surface area contributed by atoms with Gasteiger partial charge in [0.1, 0.15) is 0 Å². The van der Waals surface area contributed by atoms with Crippen LogP contribution < -0.4 is 17.9 Å². The summed E-state index contributed by atoms with van der Waals surface area (Å²) in [5, 5.41) is 0. The molecule has 0 bridgehead atoms. The third kappa shape index (κ3) is 7.03. The fourth-order valence-electron chi connectivity index (χ4n) is 5.04. The molecule has 3 heterocycles. The van der Waals surface area contributed by atoms with Crippen LogP contribution in [-0.2, 0) is 12.7 Å². The van der Waals surface area contributed by atoms with Gasteiger partial charge in [0.25, 0.3) is 5.91 Å². The molecule has 2 aromatic heterocycles. The summed E-state index contributed by atoms with van der Waals surface area (Å²) >= 11 is 2.11. The zero-order valence-electron chi connectivity index (χ0n) is 23.2. The van der Waals surface area contributed by atoms with Crippen molar-refractivity contribution in [3.8, 4) is 22.9 Å². The number of carbonyl (C=O) groups excluding carboxylic acids is 1. The lowest BCUT2D eigenvalue weighted by Gasteiger charge is -2.43. The maximum Gasteiger partial charge on any atom is 0.434 e. The number of piperazine rings is 1. The van der Waals surface area contributed by atoms with Gasteiger partial charge in [0.15, 0.2) is 5.69 Å². The molecule has 0 spiro atoms. The van der Waals surface area contributed by atoms with Gasteiger partial charge in [0.2, 0.25) is 11.8 Å². The summed E-state index contributed by atoms with van der Waals surface area (Å²) in [4.78, 5) is 25.1. The number of rotatable bonds is 10. The van der Waals surface area contributed by atoms with Gasteiger partial charge in [-0.15, -0.1) is 0 Å². The number of halogens is 4. The molecule has 0 saturated carbocycles. The standard InChI is InChI=1S/C29H33F3IN5O3/c1-4-21-18-37(28(39)23-10-12-25(40-5-2)36-26(23)29(30,31)32)14-15-38(21)24-11-9-19(16-20(24)17-35-33)22-8-7-13-34-27(22)41-6-3/h7-13,16,21,35H,4-6,14-15,17-18H2,1-3H3/t21-/m1/s1. The zero-order valence-corrected chi connectivity index (χ0v) is 25.3. The van der Waals surface area contributed by atoms with Crippen molar-refractivity contribution in [2.75, 3.05) is 37.7 Å². The number of hydrogen-bond acceptors (Lipinski definition) is 7. The Morgan fingerprint density at radius 3 is 2.56 bits per heavy atom. The highest BCUT2D eigenvalue weighted by Gasteiger charge is 2.40. The Bertz CT molecular complexity index is 1360. The Balaban J connectivity index is 1.61. The largest absolute Gasteiger partial charge is 0.478 e. The van der Waals surface area contributed by atoms with Crippen molar-refractivity contribution < 1.29 is 27.4 Å². The summed E-state index contributed by atoms with van der Waals surface area (Å²) in [6, 6.07) is 12.4. The Labute approximate surface area is 251 Å². The van der Waals surface area contributed by atoms with Crippen LogP contribution in [0.25, 0.3) is 11.1 Å². The van der Waals surface area contributed by atoms with E-state index in [1.807, 2.05) is 32.0 Å². The average molecular weight is 684 g/mol. The van der Waals surface area contributed by atoms with E-state index in [9.17, 15) is 18.0 Å². The monoisotopic (exact) mass is 683 g/mol. The lowest BCUT2D eigenvalue weighted by molar-refractivity contribution is -0.141. The number of alkyl halides is 3. The van der Waals surface area contributed by atoms with Gasteiger partial charge in [-0.1, -0.05) is 13.0 Å². The number of aromatic nitrogens is 2. The molecule has 4 rings (SSSR count). The minimum Gasteiger partial charge on any atom is -0.478 e. The Morgan fingerprint density at radius 1 is 1.10 bits per heavy atom. The quantitative estimate of drug-likeness (QED) is 0.203. The molecular weight excluding hydrogens is 650 g/mol. The topological polar surface area (TPSA) is 79.8 Å². The Hall–Kier alpha value is -3.13. The van der Waals surface area contributed by atoms with Crippen LogP contribution in [0, 0.1) is 0 Å². The van der Waals surface area contributed by atoms with Crippen LogP contribution in [0.5, 0.6) is 11.8 Å². The first-order valence-corrected chi connectivity index (χ1v) is 14.6. The molecule has 1 aromatic carbocycles. The molecule has 0 radical (unpaired) electrons. The van der Waals surface area contributed by atoms with Crippen LogP contribution in [0.15, 0.2) is 48.7 Å². The lowest BCUT2D eigenvalue weighted by Crippen LogP contribution is -2.55. The van der Waals surface area contributed by atoms with Crippen LogP contribution in [0.3, 0.4) is 0 Å². The van der Waals surface area contributed by atoms with Gasteiger partial charge in [-0.25, -0.2) is 9.97 Å². The predicted octanol–water partition coefficient (Wildman–Crippen LogP) is 6.14. The summed E-state index contributed by atoms with van der Waals surface area (Å²) in [5.41, 5.74) is 2.23. The van der Waals surface area contributed by atoms with Crippen LogP contribution in [0.2, 0.25) is 0 Å². The Kier molecular flexibility index (Phi) is 10.3. The summed E-state index contributed by atoms with van der Waals surface area (Å²) in [6.07, 6.45) is -2.39. The predicted molar refractivity (Wildman–Crippen MR) is 159 cm³/mol. The highest BCUT2D eigenvalue weighted by atomic mass is 127. The molecule has 1 aliphatic rings. The number of carbonyl (C=O) groups is 1. The molecule has 12 heteroatoms. The highest BCUT2D eigenvalue weighted by Crippen LogP contribution is 2.36. The molecule has 0 unspecified atom stereocenters. The van der Waals surface area contributed by atoms with E-state index >= 15 is 0 Å². The summed E-state index contributed by atoms with van der Waals surface area (Å²) in [5.74, 6) is -0.278. The fraction of sp³-hybridized carbons (Fsp3) is 0.414. The number of anilines is 1. The van der Waals surface area contributed by atoms with Crippen molar-refractivity contribution >= 4 is 34.5 Å². The minimum atomic E-state index is -4.79. The van der Waals surface area contributed by atoms with E-state index in [1.165, 1.54) is 11.0 Å². The molecule has 1 atom stereocenters. The Morgan fingerprint density at radius 2 is 1.88 bits per heavy atom. The molecule has 1 saturated heterocycles. The maximum absolute atomic E-state index is 13.8. The van der Waals surface area contributed by atoms with Crippen molar-refractivity contribution in [1.82, 2.24) is 18.4 Å². The number of ether oxygens (including phenoxy) is 2. The molecule has 1 fully saturated rings. The third-order valence-electron chi connectivity index (χ3n) is 6.91. The summed E-state index contributed by atoms with van der Waals surface area (Å²) < 4.78 is 55.6. The second-order valence-electron chi connectivity index (χ2n) is 9.43. The second kappa shape index (κ2) is 13.7. The van der Waals surface area contributed by atoms with Crippen LogP contribution >= 0.6 is 22.9 Å². The van der Waals surface area contributed by atoms with Gasteiger partial charge < -0.3 is 19.3 Å². The van der Waals surface area contributed by atoms with E-state index in [2.05, 4.69) is 53.4 Å². The van der Waals surface area contributed by atoms with E-state index in [4.69, 9.17) is 9.47 Å².